The molecule has 0 amide bonds. The van der Waals surface area contributed by atoms with Crippen molar-refractivity contribution in [3.05, 3.63) is 30.3 Å². The fourth-order valence-electron chi connectivity index (χ4n) is 1.42. The van der Waals surface area contributed by atoms with Gasteiger partial charge in [-0.15, -0.1) is 0 Å². The first kappa shape index (κ1) is 11.0. The van der Waals surface area contributed by atoms with E-state index < -0.39 is 12.0 Å². The lowest BCUT2D eigenvalue weighted by molar-refractivity contribution is -0.140. The lowest BCUT2D eigenvalue weighted by Gasteiger charge is -2.14. The maximum absolute atomic E-state index is 10.9. The quantitative estimate of drug-likeness (QED) is 0.759. The van der Waals surface area contributed by atoms with Crippen LogP contribution >= 0.6 is 0 Å². The number of hydrogen-bond acceptors (Lipinski definition) is 3. The lowest BCUT2D eigenvalue weighted by atomic mass is 10.3. The Bertz CT molecular complexity index is 349. The molecule has 2 N–H and O–H groups in total. The van der Waals surface area contributed by atoms with Gasteiger partial charge in [0.25, 0.3) is 0 Å². The molecule has 4 nitrogen and oxygen atoms in total. The Morgan fingerprint density at radius 1 is 1.44 bits per heavy atom. The Kier molecular flexibility index (Phi) is 3.41. The highest BCUT2D eigenvalue weighted by Crippen LogP contribution is 2.19. The number of carboxylic acid groups (broad SMARTS) is 1. The van der Waals surface area contributed by atoms with Gasteiger partial charge in [0.1, 0.15) is 18.4 Å². The zero-order chi connectivity index (χ0) is 11.4. The van der Waals surface area contributed by atoms with Gasteiger partial charge in [-0.25, -0.2) is 0 Å². The van der Waals surface area contributed by atoms with E-state index in [-0.39, 0.29) is 6.61 Å². The fourth-order valence-corrected chi connectivity index (χ4v) is 1.42. The lowest BCUT2D eigenvalue weighted by Crippen LogP contribution is -2.42. The second-order valence-electron chi connectivity index (χ2n) is 3.96. The molecule has 0 bridgehead atoms. The van der Waals surface area contributed by atoms with E-state index in [1.165, 1.54) is 0 Å². The summed E-state index contributed by atoms with van der Waals surface area (Å²) >= 11 is 0. The van der Waals surface area contributed by atoms with Crippen molar-refractivity contribution >= 4 is 5.97 Å². The summed E-state index contributed by atoms with van der Waals surface area (Å²) in [6.07, 6.45) is 2.13. The highest BCUT2D eigenvalue weighted by atomic mass is 16.5. The van der Waals surface area contributed by atoms with Crippen molar-refractivity contribution in [3.8, 4) is 5.75 Å². The first-order chi connectivity index (χ1) is 7.75. The molecule has 1 aromatic carbocycles. The van der Waals surface area contributed by atoms with Crippen molar-refractivity contribution in [2.24, 2.45) is 0 Å². The van der Waals surface area contributed by atoms with Crippen molar-refractivity contribution in [1.82, 2.24) is 5.32 Å². The van der Waals surface area contributed by atoms with Crippen molar-refractivity contribution in [2.45, 2.75) is 24.9 Å². The Morgan fingerprint density at radius 2 is 2.12 bits per heavy atom. The third kappa shape index (κ3) is 3.24. The maximum atomic E-state index is 10.9. The van der Waals surface area contributed by atoms with Crippen molar-refractivity contribution < 1.29 is 14.6 Å². The second kappa shape index (κ2) is 4.99. The summed E-state index contributed by atoms with van der Waals surface area (Å²) in [5, 5.41) is 12.0. The third-order valence-electron chi connectivity index (χ3n) is 2.47. The number of aliphatic carboxylic acids is 1. The molecule has 16 heavy (non-hydrogen) atoms. The number of nitrogens with one attached hydrogen (secondary N) is 1. The normalized spacial score (nSPS) is 16.8. The molecule has 4 heteroatoms. The Balaban J connectivity index is 1.83. The summed E-state index contributed by atoms with van der Waals surface area (Å²) in [6, 6.07) is 8.99. The molecule has 1 atom stereocenters. The van der Waals surface area contributed by atoms with E-state index >= 15 is 0 Å². The van der Waals surface area contributed by atoms with Gasteiger partial charge in [-0.1, -0.05) is 18.2 Å². The van der Waals surface area contributed by atoms with Crippen LogP contribution in [0, 0.1) is 0 Å². The fraction of sp³-hybridized carbons (Fsp3) is 0.417. The SMILES string of the molecule is O=C(O)C(COc1ccccc1)NC1CC1. The van der Waals surface area contributed by atoms with Gasteiger partial charge < -0.3 is 9.84 Å². The van der Waals surface area contributed by atoms with Crippen LogP contribution in [0.1, 0.15) is 12.8 Å². The standard InChI is InChI=1S/C12H15NO3/c14-12(15)11(13-9-6-7-9)8-16-10-4-2-1-3-5-10/h1-5,9,11,13H,6-8H2,(H,14,15). The average molecular weight is 221 g/mol. The van der Waals surface area contributed by atoms with Crippen LogP contribution in [0.25, 0.3) is 0 Å². The third-order valence-corrected chi connectivity index (χ3v) is 2.47. The molecule has 1 saturated carbocycles. The molecule has 0 aliphatic heterocycles. The van der Waals surface area contributed by atoms with Crippen LogP contribution < -0.4 is 10.1 Å². The Labute approximate surface area is 94.2 Å². The molecule has 1 fully saturated rings. The van der Waals surface area contributed by atoms with Crippen LogP contribution in [0.15, 0.2) is 30.3 Å². The minimum atomic E-state index is -0.858. The smallest absolute Gasteiger partial charge is 0.324 e. The van der Waals surface area contributed by atoms with Crippen LogP contribution in [-0.4, -0.2) is 29.8 Å². The molecule has 2 rings (SSSR count). The largest absolute Gasteiger partial charge is 0.491 e. The predicted molar refractivity (Wildman–Crippen MR) is 59.5 cm³/mol. The van der Waals surface area contributed by atoms with Gasteiger partial charge in [-0.2, -0.15) is 0 Å². The molecule has 1 aromatic rings. The molecule has 0 saturated heterocycles. The predicted octanol–water partition coefficient (Wildman–Crippen LogP) is 1.27. The molecule has 0 aromatic heterocycles. The Hall–Kier alpha value is -1.55. The molecular weight excluding hydrogens is 206 g/mol. The molecule has 1 aliphatic carbocycles. The molecule has 0 spiro atoms. The van der Waals surface area contributed by atoms with Crippen molar-refractivity contribution in [2.75, 3.05) is 6.61 Å². The molecule has 0 heterocycles. The van der Waals surface area contributed by atoms with Gasteiger partial charge in [-0.05, 0) is 25.0 Å². The first-order valence-electron chi connectivity index (χ1n) is 5.42. The zero-order valence-corrected chi connectivity index (χ0v) is 8.93. The maximum Gasteiger partial charge on any atom is 0.324 e. The number of para-hydroxylation sites is 1. The summed E-state index contributed by atoms with van der Waals surface area (Å²) in [7, 11) is 0. The van der Waals surface area contributed by atoms with Crippen LogP contribution in [0.3, 0.4) is 0 Å². The molecule has 1 unspecified atom stereocenters. The number of carbonyl (C=O) groups is 1. The first-order valence-corrected chi connectivity index (χ1v) is 5.42. The number of ether oxygens (including phenoxy) is 1. The van der Waals surface area contributed by atoms with E-state index in [4.69, 9.17) is 9.84 Å². The zero-order valence-electron chi connectivity index (χ0n) is 8.93. The molecule has 1 aliphatic rings. The number of benzene rings is 1. The summed E-state index contributed by atoms with van der Waals surface area (Å²) in [5.41, 5.74) is 0. The number of rotatable bonds is 6. The molecule has 0 radical (unpaired) electrons. The molecular formula is C12H15NO3. The average Bonchev–Trinajstić information content (AvgIpc) is 3.09. The topological polar surface area (TPSA) is 58.6 Å². The minimum absolute atomic E-state index is 0.163. The highest BCUT2D eigenvalue weighted by molar-refractivity contribution is 5.73. The van der Waals surface area contributed by atoms with Crippen molar-refractivity contribution in [1.29, 1.82) is 0 Å². The van der Waals surface area contributed by atoms with Crippen LogP contribution in [-0.2, 0) is 4.79 Å². The van der Waals surface area contributed by atoms with Gasteiger partial charge in [0, 0.05) is 6.04 Å². The van der Waals surface area contributed by atoms with Gasteiger partial charge in [0.2, 0.25) is 0 Å². The van der Waals surface area contributed by atoms with E-state index in [9.17, 15) is 4.79 Å². The van der Waals surface area contributed by atoms with Gasteiger partial charge in [0.15, 0.2) is 0 Å². The van der Waals surface area contributed by atoms with Gasteiger partial charge in [-0.3, -0.25) is 10.1 Å². The summed E-state index contributed by atoms with van der Waals surface area (Å²) in [5.74, 6) is -0.158. The van der Waals surface area contributed by atoms with E-state index in [0.717, 1.165) is 12.8 Å². The monoisotopic (exact) mass is 221 g/mol. The number of hydrogen-bond donors (Lipinski definition) is 2. The number of carboxylic acids is 1. The van der Waals surface area contributed by atoms with Crippen LogP contribution in [0.5, 0.6) is 5.75 Å². The van der Waals surface area contributed by atoms with Crippen molar-refractivity contribution in [3.63, 3.8) is 0 Å². The van der Waals surface area contributed by atoms with E-state index in [2.05, 4.69) is 5.32 Å². The van der Waals surface area contributed by atoms with E-state index in [1.807, 2.05) is 30.3 Å². The summed E-state index contributed by atoms with van der Waals surface area (Å²) < 4.78 is 5.41. The summed E-state index contributed by atoms with van der Waals surface area (Å²) in [4.78, 5) is 10.9. The van der Waals surface area contributed by atoms with Crippen LogP contribution in [0.4, 0.5) is 0 Å². The molecule has 86 valence electrons. The van der Waals surface area contributed by atoms with Crippen LogP contribution in [0.2, 0.25) is 0 Å². The van der Waals surface area contributed by atoms with Gasteiger partial charge >= 0.3 is 5.97 Å². The summed E-state index contributed by atoms with van der Waals surface area (Å²) in [6.45, 7) is 0.163. The van der Waals surface area contributed by atoms with E-state index in [1.54, 1.807) is 0 Å². The second-order valence-corrected chi connectivity index (χ2v) is 3.96. The highest BCUT2D eigenvalue weighted by Gasteiger charge is 2.28. The Morgan fingerprint density at radius 3 is 2.69 bits per heavy atom. The van der Waals surface area contributed by atoms with E-state index in [0.29, 0.717) is 11.8 Å². The van der Waals surface area contributed by atoms with Gasteiger partial charge in [0.05, 0.1) is 0 Å². The minimum Gasteiger partial charge on any atom is -0.491 e.